The Labute approximate surface area is 176 Å². The zero-order valence-electron chi connectivity index (χ0n) is 18.8. The summed E-state index contributed by atoms with van der Waals surface area (Å²) in [5.41, 5.74) is 1.16. The van der Waals surface area contributed by atoms with Gasteiger partial charge in [-0.05, 0) is 24.1 Å². The van der Waals surface area contributed by atoms with E-state index in [2.05, 4.69) is 27.0 Å². The van der Waals surface area contributed by atoms with Crippen LogP contribution in [0.2, 0.25) is 0 Å². The Morgan fingerprint density at radius 3 is 2.14 bits per heavy atom. The molecule has 1 aliphatic heterocycles. The topological polar surface area (TPSA) is 58.6 Å². The average Bonchev–Trinajstić information content (AvgIpc) is 2.76. The van der Waals surface area contributed by atoms with E-state index >= 15 is 0 Å². The predicted molar refractivity (Wildman–Crippen MR) is 118 cm³/mol. The third-order valence-electron chi connectivity index (χ3n) is 5.33. The molecule has 7 heteroatoms. The summed E-state index contributed by atoms with van der Waals surface area (Å²) in [5.74, 6) is 3.06. The molecule has 1 fully saturated rings. The number of nitrogens with zero attached hydrogens (tertiary/aromatic N) is 3. The Balaban J connectivity index is 1.87. The summed E-state index contributed by atoms with van der Waals surface area (Å²) in [5, 5.41) is 3.52. The quantitative estimate of drug-likeness (QED) is 0.366. The fraction of sp³-hybridized carbons (Fsp3) is 0.682. The van der Waals surface area contributed by atoms with E-state index < -0.39 is 0 Å². The molecule has 0 aromatic heterocycles. The second-order valence-electron chi connectivity index (χ2n) is 7.33. The molecule has 164 valence electrons. The maximum absolute atomic E-state index is 5.48. The third kappa shape index (κ3) is 6.70. The molecule has 0 unspecified atom stereocenters. The monoisotopic (exact) mass is 406 g/mol. The van der Waals surface area contributed by atoms with Crippen LogP contribution in [-0.4, -0.2) is 76.9 Å². The zero-order chi connectivity index (χ0) is 21.1. The summed E-state index contributed by atoms with van der Waals surface area (Å²) in [6, 6.07) is 4.06. The molecule has 0 radical (unpaired) electrons. The maximum Gasteiger partial charge on any atom is 0.203 e. The number of methoxy groups -OCH3 is 3. The van der Waals surface area contributed by atoms with Gasteiger partial charge in [-0.15, -0.1) is 0 Å². The van der Waals surface area contributed by atoms with Gasteiger partial charge in [0.2, 0.25) is 5.75 Å². The second kappa shape index (κ2) is 12.4. The molecule has 1 N–H and O–H groups in total. The first-order chi connectivity index (χ1) is 14.2. The highest BCUT2D eigenvalue weighted by atomic mass is 16.5. The molecule has 0 atom stereocenters. The number of nitrogens with one attached hydrogen (secondary N) is 1. The number of benzene rings is 1. The van der Waals surface area contributed by atoms with E-state index in [4.69, 9.17) is 14.2 Å². The molecule has 7 nitrogen and oxygen atoms in total. The van der Waals surface area contributed by atoms with Gasteiger partial charge >= 0.3 is 0 Å². The SMILES string of the molecule is CCCCCCNC(=NC)N1CCN(Cc2cc(OC)c(OC)c(OC)c2)CC1. The van der Waals surface area contributed by atoms with Gasteiger partial charge in [-0.3, -0.25) is 9.89 Å². The van der Waals surface area contributed by atoms with E-state index in [1.807, 2.05) is 19.2 Å². The van der Waals surface area contributed by atoms with Crippen LogP contribution in [0.3, 0.4) is 0 Å². The Morgan fingerprint density at radius 1 is 0.966 bits per heavy atom. The zero-order valence-corrected chi connectivity index (χ0v) is 18.8. The molecular weight excluding hydrogens is 368 g/mol. The van der Waals surface area contributed by atoms with E-state index in [9.17, 15) is 0 Å². The third-order valence-corrected chi connectivity index (χ3v) is 5.33. The molecule has 1 saturated heterocycles. The fourth-order valence-electron chi connectivity index (χ4n) is 3.69. The van der Waals surface area contributed by atoms with Gasteiger partial charge in [0.1, 0.15) is 0 Å². The van der Waals surface area contributed by atoms with E-state index in [-0.39, 0.29) is 0 Å². The molecule has 29 heavy (non-hydrogen) atoms. The number of piperazine rings is 1. The molecule has 1 aromatic rings. The number of guanidine groups is 1. The van der Waals surface area contributed by atoms with Crippen LogP contribution in [-0.2, 0) is 6.54 Å². The van der Waals surface area contributed by atoms with Crippen LogP contribution in [0.5, 0.6) is 17.2 Å². The van der Waals surface area contributed by atoms with Gasteiger partial charge in [0.25, 0.3) is 0 Å². The summed E-state index contributed by atoms with van der Waals surface area (Å²) in [7, 11) is 6.81. The van der Waals surface area contributed by atoms with Crippen molar-refractivity contribution in [1.82, 2.24) is 15.1 Å². The highest BCUT2D eigenvalue weighted by Crippen LogP contribution is 2.38. The summed E-state index contributed by atoms with van der Waals surface area (Å²) >= 11 is 0. The highest BCUT2D eigenvalue weighted by Gasteiger charge is 2.21. The van der Waals surface area contributed by atoms with Crippen LogP contribution in [0.25, 0.3) is 0 Å². The first kappa shape index (κ1) is 23.1. The summed E-state index contributed by atoms with van der Waals surface area (Å²) in [6.07, 6.45) is 5.06. The van der Waals surface area contributed by atoms with Gasteiger partial charge in [-0.25, -0.2) is 0 Å². The lowest BCUT2D eigenvalue weighted by molar-refractivity contribution is 0.172. The molecular formula is C22H38N4O3. The fourth-order valence-corrected chi connectivity index (χ4v) is 3.69. The summed E-state index contributed by atoms with van der Waals surface area (Å²) < 4.78 is 16.4. The van der Waals surface area contributed by atoms with Crippen molar-refractivity contribution in [3.05, 3.63) is 17.7 Å². The van der Waals surface area contributed by atoms with Gasteiger partial charge in [0.15, 0.2) is 17.5 Å². The number of hydrogen-bond acceptors (Lipinski definition) is 5. The number of rotatable bonds is 10. The van der Waals surface area contributed by atoms with E-state index in [1.54, 1.807) is 21.3 Å². The van der Waals surface area contributed by atoms with Crippen LogP contribution in [0, 0.1) is 0 Å². The van der Waals surface area contributed by atoms with Crippen molar-refractivity contribution in [3.63, 3.8) is 0 Å². The first-order valence-corrected chi connectivity index (χ1v) is 10.6. The van der Waals surface area contributed by atoms with Crippen molar-refractivity contribution >= 4 is 5.96 Å². The Kier molecular flexibility index (Phi) is 9.91. The second-order valence-corrected chi connectivity index (χ2v) is 7.33. The Hall–Kier alpha value is -2.15. The lowest BCUT2D eigenvalue weighted by atomic mass is 10.1. The minimum atomic E-state index is 0.636. The Morgan fingerprint density at radius 2 is 1.62 bits per heavy atom. The smallest absolute Gasteiger partial charge is 0.203 e. The van der Waals surface area contributed by atoms with Crippen molar-refractivity contribution in [2.24, 2.45) is 4.99 Å². The van der Waals surface area contributed by atoms with Gasteiger partial charge in [0.05, 0.1) is 21.3 Å². The van der Waals surface area contributed by atoms with E-state index in [0.29, 0.717) is 17.2 Å². The minimum absolute atomic E-state index is 0.636. The minimum Gasteiger partial charge on any atom is -0.493 e. The van der Waals surface area contributed by atoms with Gasteiger partial charge in [0, 0.05) is 46.3 Å². The molecule has 2 rings (SSSR count). The molecule has 0 saturated carbocycles. The molecule has 0 aliphatic carbocycles. The highest BCUT2D eigenvalue weighted by molar-refractivity contribution is 5.79. The summed E-state index contributed by atoms with van der Waals surface area (Å²) in [4.78, 5) is 9.27. The predicted octanol–water partition coefficient (Wildman–Crippen LogP) is 2.99. The van der Waals surface area contributed by atoms with E-state index in [0.717, 1.165) is 50.8 Å². The van der Waals surface area contributed by atoms with E-state index in [1.165, 1.54) is 25.7 Å². The van der Waals surface area contributed by atoms with Crippen LogP contribution < -0.4 is 19.5 Å². The number of ether oxygens (including phenoxy) is 3. The maximum atomic E-state index is 5.48. The van der Waals surface area contributed by atoms with Crippen molar-refractivity contribution in [3.8, 4) is 17.2 Å². The van der Waals surface area contributed by atoms with Crippen molar-refractivity contribution in [1.29, 1.82) is 0 Å². The first-order valence-electron chi connectivity index (χ1n) is 10.6. The molecule has 1 aromatic carbocycles. The van der Waals surface area contributed by atoms with Crippen molar-refractivity contribution in [2.45, 2.75) is 39.2 Å². The van der Waals surface area contributed by atoms with Crippen LogP contribution in [0.4, 0.5) is 0 Å². The average molecular weight is 407 g/mol. The number of aliphatic imine (C=N–C) groups is 1. The molecule has 0 amide bonds. The lowest BCUT2D eigenvalue weighted by Gasteiger charge is -2.36. The van der Waals surface area contributed by atoms with Gasteiger partial charge in [-0.1, -0.05) is 26.2 Å². The lowest BCUT2D eigenvalue weighted by Crippen LogP contribution is -2.52. The number of unbranched alkanes of at least 4 members (excludes halogenated alkanes) is 3. The van der Waals surface area contributed by atoms with Crippen LogP contribution in [0.15, 0.2) is 17.1 Å². The van der Waals surface area contributed by atoms with Crippen molar-refractivity contribution < 1.29 is 14.2 Å². The molecule has 1 aliphatic rings. The van der Waals surface area contributed by atoms with Gasteiger partial charge < -0.3 is 24.4 Å². The standard InChI is InChI=1S/C22H38N4O3/c1-6-7-8-9-10-24-22(23-2)26-13-11-25(12-14-26)17-18-15-19(27-3)21(29-5)20(16-18)28-4/h15-16H,6-14,17H2,1-5H3,(H,23,24). The molecule has 1 heterocycles. The normalized spacial score (nSPS) is 15.3. The summed E-state index contributed by atoms with van der Waals surface area (Å²) in [6.45, 7) is 8.02. The largest absolute Gasteiger partial charge is 0.493 e. The van der Waals surface area contributed by atoms with Crippen molar-refractivity contribution in [2.75, 3.05) is 61.1 Å². The van der Waals surface area contributed by atoms with Crippen LogP contribution >= 0.6 is 0 Å². The van der Waals surface area contributed by atoms with Gasteiger partial charge in [-0.2, -0.15) is 0 Å². The Bertz CT molecular complexity index is 618. The molecule has 0 bridgehead atoms. The van der Waals surface area contributed by atoms with Crippen LogP contribution in [0.1, 0.15) is 38.2 Å². The molecule has 0 spiro atoms. The number of hydrogen-bond donors (Lipinski definition) is 1.